The van der Waals surface area contributed by atoms with Crippen molar-refractivity contribution in [1.29, 1.82) is 0 Å². The van der Waals surface area contributed by atoms with Crippen LogP contribution in [0.1, 0.15) is 15.9 Å². The maximum atomic E-state index is 13.9. The van der Waals surface area contributed by atoms with Crippen molar-refractivity contribution >= 4 is 17.2 Å². The third-order valence-corrected chi connectivity index (χ3v) is 3.48. The van der Waals surface area contributed by atoms with Crippen LogP contribution in [-0.4, -0.2) is 11.3 Å². The molecular weight excluding hydrogens is 317 g/mol. The maximum absolute atomic E-state index is 13.9. The van der Waals surface area contributed by atoms with Crippen LogP contribution in [0.25, 0.3) is 22.2 Å². The molecule has 0 bridgehead atoms. The van der Waals surface area contributed by atoms with Crippen LogP contribution in [0.4, 0.5) is 22.0 Å². The van der Waals surface area contributed by atoms with E-state index >= 15 is 0 Å². The number of aromatic nitrogens is 1. The maximum Gasteiger partial charge on any atom is 0.416 e. The number of rotatable bonds is 2. The summed E-state index contributed by atoms with van der Waals surface area (Å²) in [7, 11) is 0. The number of halogens is 5. The summed E-state index contributed by atoms with van der Waals surface area (Å²) in [4.78, 5) is 14.0. The van der Waals surface area contributed by atoms with Gasteiger partial charge in [0.2, 0.25) is 0 Å². The fraction of sp³-hybridized carbons (Fsp3) is 0.0625. The van der Waals surface area contributed by atoms with E-state index in [2.05, 4.69) is 4.98 Å². The van der Waals surface area contributed by atoms with Crippen molar-refractivity contribution in [2.45, 2.75) is 6.18 Å². The number of aromatic amines is 1. The van der Waals surface area contributed by atoms with E-state index in [0.29, 0.717) is 6.29 Å². The monoisotopic (exact) mass is 325 g/mol. The van der Waals surface area contributed by atoms with Crippen molar-refractivity contribution in [3.05, 3.63) is 59.2 Å². The Balaban J connectivity index is 2.30. The first-order valence-corrected chi connectivity index (χ1v) is 6.45. The second-order valence-electron chi connectivity index (χ2n) is 4.91. The summed E-state index contributed by atoms with van der Waals surface area (Å²) in [6.45, 7) is 0. The summed E-state index contributed by atoms with van der Waals surface area (Å²) in [5.41, 5.74) is -1.16. The van der Waals surface area contributed by atoms with Crippen LogP contribution in [0.3, 0.4) is 0 Å². The first kappa shape index (κ1) is 15.2. The molecule has 2 aromatic carbocycles. The molecular formula is C16H8F5NO. The summed E-state index contributed by atoms with van der Waals surface area (Å²) in [5.74, 6) is -1.52. The number of carbonyl (C=O) groups excluding carboxylic acids is 1. The molecule has 0 aliphatic heterocycles. The van der Waals surface area contributed by atoms with Gasteiger partial charge in [0.25, 0.3) is 0 Å². The van der Waals surface area contributed by atoms with Gasteiger partial charge in [-0.3, -0.25) is 4.79 Å². The number of H-pyrrole nitrogens is 1. The highest BCUT2D eigenvalue weighted by molar-refractivity contribution is 6.04. The highest BCUT2D eigenvalue weighted by Gasteiger charge is 2.31. The van der Waals surface area contributed by atoms with Gasteiger partial charge in [0.15, 0.2) is 6.29 Å². The Bertz CT molecular complexity index is 911. The van der Waals surface area contributed by atoms with Crippen LogP contribution in [0.15, 0.2) is 36.4 Å². The molecule has 0 aliphatic carbocycles. The molecule has 0 saturated carbocycles. The zero-order chi connectivity index (χ0) is 16.8. The predicted molar refractivity (Wildman–Crippen MR) is 74.0 cm³/mol. The Labute approximate surface area is 126 Å². The van der Waals surface area contributed by atoms with Crippen molar-refractivity contribution in [3.8, 4) is 11.3 Å². The summed E-state index contributed by atoms with van der Waals surface area (Å²) in [6.07, 6.45) is -4.26. The van der Waals surface area contributed by atoms with E-state index in [-0.39, 0.29) is 27.7 Å². The molecule has 0 aliphatic rings. The molecule has 0 spiro atoms. The molecule has 0 saturated heterocycles. The summed E-state index contributed by atoms with van der Waals surface area (Å²) in [5, 5.41) is -0.00603. The van der Waals surface area contributed by atoms with E-state index < -0.39 is 23.4 Å². The Morgan fingerprint density at radius 1 is 1.00 bits per heavy atom. The molecule has 0 amide bonds. The third-order valence-electron chi connectivity index (χ3n) is 3.48. The molecule has 0 unspecified atom stereocenters. The number of hydrogen-bond donors (Lipinski definition) is 1. The smallest absolute Gasteiger partial charge is 0.354 e. The highest BCUT2D eigenvalue weighted by atomic mass is 19.4. The lowest BCUT2D eigenvalue weighted by molar-refractivity contribution is -0.137. The minimum absolute atomic E-state index is 0.00603. The summed E-state index contributed by atoms with van der Waals surface area (Å²) >= 11 is 0. The van der Waals surface area contributed by atoms with E-state index in [4.69, 9.17) is 0 Å². The number of aldehydes is 1. The van der Waals surface area contributed by atoms with Gasteiger partial charge in [-0.05, 0) is 36.4 Å². The van der Waals surface area contributed by atoms with Crippen LogP contribution in [0, 0.1) is 11.6 Å². The van der Waals surface area contributed by atoms with Crippen molar-refractivity contribution in [2.75, 3.05) is 0 Å². The average molecular weight is 325 g/mol. The van der Waals surface area contributed by atoms with Crippen LogP contribution in [0.2, 0.25) is 0 Å². The van der Waals surface area contributed by atoms with Gasteiger partial charge < -0.3 is 4.98 Å². The zero-order valence-electron chi connectivity index (χ0n) is 11.3. The van der Waals surface area contributed by atoms with Gasteiger partial charge in [-0.2, -0.15) is 13.2 Å². The SMILES string of the molecule is O=Cc1c(-c2cc(F)ccc2F)[nH]c2ccc(C(F)(F)F)cc12. The van der Waals surface area contributed by atoms with E-state index in [1.54, 1.807) is 0 Å². The molecule has 7 heteroatoms. The topological polar surface area (TPSA) is 32.9 Å². The molecule has 3 rings (SSSR count). The van der Waals surface area contributed by atoms with Crippen LogP contribution < -0.4 is 0 Å². The first-order chi connectivity index (χ1) is 10.8. The Kier molecular flexibility index (Phi) is 3.43. The number of alkyl halides is 3. The van der Waals surface area contributed by atoms with Crippen molar-refractivity contribution in [3.63, 3.8) is 0 Å². The minimum atomic E-state index is -4.57. The van der Waals surface area contributed by atoms with Gasteiger partial charge >= 0.3 is 6.18 Å². The quantitative estimate of drug-likeness (QED) is 0.525. The van der Waals surface area contributed by atoms with Crippen molar-refractivity contribution < 1.29 is 26.7 Å². The molecule has 1 heterocycles. The average Bonchev–Trinajstić information content (AvgIpc) is 2.86. The highest BCUT2D eigenvalue weighted by Crippen LogP contribution is 2.35. The van der Waals surface area contributed by atoms with Gasteiger partial charge in [-0.15, -0.1) is 0 Å². The molecule has 118 valence electrons. The summed E-state index contributed by atoms with van der Waals surface area (Å²) < 4.78 is 65.6. The molecule has 23 heavy (non-hydrogen) atoms. The van der Waals surface area contributed by atoms with Gasteiger partial charge in [0.05, 0.1) is 11.3 Å². The molecule has 1 aromatic heterocycles. The fourth-order valence-corrected chi connectivity index (χ4v) is 2.41. The number of fused-ring (bicyclic) bond motifs is 1. The van der Waals surface area contributed by atoms with Crippen LogP contribution >= 0.6 is 0 Å². The molecule has 0 atom stereocenters. The largest absolute Gasteiger partial charge is 0.416 e. The second-order valence-corrected chi connectivity index (χ2v) is 4.91. The van der Waals surface area contributed by atoms with Gasteiger partial charge in [-0.25, -0.2) is 8.78 Å². The Morgan fingerprint density at radius 2 is 1.74 bits per heavy atom. The normalized spacial score (nSPS) is 11.9. The minimum Gasteiger partial charge on any atom is -0.354 e. The van der Waals surface area contributed by atoms with Gasteiger partial charge in [-0.1, -0.05) is 0 Å². The van der Waals surface area contributed by atoms with E-state index in [9.17, 15) is 26.7 Å². The standard InChI is InChI=1S/C16H8F5NO/c17-9-2-3-13(18)11(6-9)15-12(7-23)10-5-8(16(19,20)21)1-4-14(10)22-15/h1-7,22H. The second kappa shape index (κ2) is 5.19. The zero-order valence-corrected chi connectivity index (χ0v) is 11.3. The molecule has 1 N–H and O–H groups in total. The van der Waals surface area contributed by atoms with Crippen LogP contribution in [0.5, 0.6) is 0 Å². The molecule has 0 radical (unpaired) electrons. The van der Waals surface area contributed by atoms with Gasteiger partial charge in [0.1, 0.15) is 11.6 Å². The summed E-state index contributed by atoms with van der Waals surface area (Å²) in [6, 6.07) is 5.45. The van der Waals surface area contributed by atoms with Crippen molar-refractivity contribution in [1.82, 2.24) is 4.98 Å². The van der Waals surface area contributed by atoms with Crippen LogP contribution in [-0.2, 0) is 6.18 Å². The van der Waals surface area contributed by atoms with E-state index in [0.717, 1.165) is 36.4 Å². The van der Waals surface area contributed by atoms with Gasteiger partial charge in [0, 0.05) is 22.0 Å². The Hall–Kier alpha value is -2.70. The van der Waals surface area contributed by atoms with E-state index in [1.165, 1.54) is 0 Å². The number of hydrogen-bond acceptors (Lipinski definition) is 1. The third kappa shape index (κ3) is 2.58. The lowest BCUT2D eigenvalue weighted by Gasteiger charge is -2.06. The molecule has 0 fully saturated rings. The number of benzene rings is 2. The van der Waals surface area contributed by atoms with Crippen molar-refractivity contribution in [2.24, 2.45) is 0 Å². The molecule has 3 aromatic rings. The lowest BCUT2D eigenvalue weighted by Crippen LogP contribution is -2.04. The number of nitrogens with one attached hydrogen (secondary N) is 1. The fourth-order valence-electron chi connectivity index (χ4n) is 2.41. The number of carbonyl (C=O) groups is 1. The van der Waals surface area contributed by atoms with E-state index in [1.807, 2.05) is 0 Å². The lowest BCUT2D eigenvalue weighted by atomic mass is 10.0. The molecule has 2 nitrogen and oxygen atoms in total. The Morgan fingerprint density at radius 3 is 2.39 bits per heavy atom. The first-order valence-electron chi connectivity index (χ1n) is 6.45. The predicted octanol–water partition coefficient (Wildman–Crippen LogP) is 4.94.